The number of aromatic amines is 2. The summed E-state index contributed by atoms with van der Waals surface area (Å²) in [5.74, 6) is -1.47. The molecule has 10 heteroatoms. The zero-order valence-electron chi connectivity index (χ0n) is 18.7. The topological polar surface area (TPSA) is 115 Å². The van der Waals surface area contributed by atoms with Crippen LogP contribution in [0.5, 0.6) is 5.75 Å². The molecule has 1 aliphatic heterocycles. The first-order valence-corrected chi connectivity index (χ1v) is 11.2. The summed E-state index contributed by atoms with van der Waals surface area (Å²) in [6.07, 6.45) is -2.75. The van der Waals surface area contributed by atoms with Crippen molar-refractivity contribution >= 4 is 27.8 Å². The van der Waals surface area contributed by atoms with Crippen molar-refractivity contribution in [2.75, 3.05) is 19.7 Å². The van der Waals surface area contributed by atoms with E-state index >= 15 is 0 Å². The largest absolute Gasteiger partial charge is 0.542 e. The normalized spacial score (nSPS) is 14.5. The molecule has 0 saturated carbocycles. The zero-order chi connectivity index (χ0) is 25.0. The van der Waals surface area contributed by atoms with Crippen LogP contribution < -0.4 is 20.7 Å². The fourth-order valence-corrected chi connectivity index (χ4v) is 4.07. The Kier molecular flexibility index (Phi) is 7.11. The number of rotatable bonds is 4. The van der Waals surface area contributed by atoms with Crippen molar-refractivity contribution in [1.29, 1.82) is 0 Å². The third-order valence-corrected chi connectivity index (χ3v) is 5.91. The van der Waals surface area contributed by atoms with Crippen molar-refractivity contribution in [1.82, 2.24) is 9.97 Å². The predicted molar refractivity (Wildman–Crippen MR) is 123 cm³/mol. The minimum Gasteiger partial charge on any atom is -0.542 e. The molecule has 0 radical (unpaired) electrons. The van der Waals surface area contributed by atoms with Gasteiger partial charge in [-0.25, -0.2) is 0 Å². The Bertz CT molecular complexity index is 1390. The smallest absolute Gasteiger partial charge is 0.430 e. The van der Waals surface area contributed by atoms with Gasteiger partial charge in [0.15, 0.2) is 0 Å². The van der Waals surface area contributed by atoms with E-state index < -0.39 is 12.1 Å². The molecule has 1 aliphatic rings. The van der Waals surface area contributed by atoms with Gasteiger partial charge in [0, 0.05) is 35.2 Å². The number of quaternary nitrogens is 1. The molecule has 1 saturated heterocycles. The molecule has 0 unspecified atom stereocenters. The molecule has 0 amide bonds. The van der Waals surface area contributed by atoms with Crippen LogP contribution in [-0.4, -0.2) is 41.8 Å². The molecule has 4 N–H and O–H groups in total. The maximum atomic E-state index is 12.6. The molecule has 3 heterocycles. The van der Waals surface area contributed by atoms with Crippen molar-refractivity contribution < 1.29 is 33.1 Å². The monoisotopic (exact) mass is 487 g/mol. The van der Waals surface area contributed by atoms with Gasteiger partial charge in [0.2, 0.25) is 0 Å². The fourth-order valence-electron chi connectivity index (χ4n) is 4.07. The summed E-state index contributed by atoms with van der Waals surface area (Å²) >= 11 is 0. The Morgan fingerprint density at radius 1 is 1.00 bits per heavy atom. The Morgan fingerprint density at radius 2 is 1.69 bits per heavy atom. The van der Waals surface area contributed by atoms with Crippen LogP contribution in [0, 0.1) is 5.92 Å². The number of carbonyl (C=O) groups is 1. The van der Waals surface area contributed by atoms with Gasteiger partial charge in [-0.05, 0) is 41.8 Å². The van der Waals surface area contributed by atoms with Gasteiger partial charge in [-0.2, -0.15) is 13.2 Å². The van der Waals surface area contributed by atoms with E-state index in [4.69, 9.17) is 14.6 Å². The van der Waals surface area contributed by atoms with E-state index in [1.807, 2.05) is 48.5 Å². The summed E-state index contributed by atoms with van der Waals surface area (Å²) in [5, 5.41) is 13.2. The third kappa shape index (κ3) is 6.02. The van der Waals surface area contributed by atoms with Gasteiger partial charge in [-0.3, -0.25) is 4.79 Å². The molecule has 35 heavy (non-hydrogen) atoms. The minimum atomic E-state index is -5.19. The predicted octanol–water partition coefficient (Wildman–Crippen LogP) is 2.33. The second-order valence-electron chi connectivity index (χ2n) is 8.44. The van der Waals surface area contributed by atoms with Gasteiger partial charge in [-0.1, -0.05) is 18.2 Å². The number of para-hydroxylation sites is 1. The van der Waals surface area contributed by atoms with Crippen molar-refractivity contribution in [3.05, 3.63) is 65.0 Å². The lowest BCUT2D eigenvalue weighted by atomic mass is 9.99. The number of aliphatic carboxylic acids is 1. The van der Waals surface area contributed by atoms with Crippen LogP contribution in [-0.2, 0) is 4.79 Å². The second-order valence-corrected chi connectivity index (χ2v) is 8.44. The number of ether oxygens (including phenoxy) is 1. The number of carboxylic acid groups (broad SMARTS) is 1. The molecule has 184 valence electrons. The molecular formula is C25H24F3N3O4. The molecule has 0 atom stereocenters. The highest BCUT2D eigenvalue weighted by Crippen LogP contribution is 2.27. The number of H-pyrrole nitrogens is 2. The summed E-state index contributed by atoms with van der Waals surface area (Å²) in [5.41, 5.74) is 3.24. The quantitative estimate of drug-likeness (QED) is 0.410. The first-order chi connectivity index (χ1) is 16.7. The van der Waals surface area contributed by atoms with Crippen LogP contribution in [0.4, 0.5) is 13.2 Å². The van der Waals surface area contributed by atoms with E-state index in [0.29, 0.717) is 11.5 Å². The van der Waals surface area contributed by atoms with Gasteiger partial charge in [0.05, 0.1) is 31.0 Å². The number of carbonyl (C=O) groups excluding carboxylic acids is 1. The van der Waals surface area contributed by atoms with E-state index in [9.17, 15) is 18.0 Å². The van der Waals surface area contributed by atoms with Gasteiger partial charge < -0.3 is 29.9 Å². The lowest BCUT2D eigenvalue weighted by Crippen LogP contribution is -2.86. The number of hydrogen-bond donors (Lipinski definition) is 3. The maximum Gasteiger partial charge on any atom is 0.430 e. The first kappa shape index (κ1) is 24.3. The molecule has 1 fully saturated rings. The minimum absolute atomic E-state index is 0.0872. The summed E-state index contributed by atoms with van der Waals surface area (Å²) in [7, 11) is 0. The summed E-state index contributed by atoms with van der Waals surface area (Å²) in [6.45, 7) is 3.18. The molecule has 2 aromatic heterocycles. The fraction of sp³-hybridized carbons (Fsp3) is 0.280. The van der Waals surface area contributed by atoms with Crippen molar-refractivity contribution in [3.63, 3.8) is 0 Å². The number of pyridine rings is 1. The van der Waals surface area contributed by atoms with E-state index in [0.717, 1.165) is 39.9 Å². The Balaban J connectivity index is 0.000000364. The molecule has 0 spiro atoms. The van der Waals surface area contributed by atoms with E-state index in [-0.39, 0.29) is 5.56 Å². The van der Waals surface area contributed by atoms with Crippen LogP contribution in [0.2, 0.25) is 0 Å². The number of fused-ring (bicyclic) bond motifs is 2. The number of nitrogens with one attached hydrogen (secondary N) is 2. The highest BCUT2D eigenvalue weighted by atomic mass is 19.4. The maximum absolute atomic E-state index is 12.6. The number of aromatic nitrogens is 2. The van der Waals surface area contributed by atoms with Crippen LogP contribution in [0.25, 0.3) is 33.1 Å². The highest BCUT2D eigenvalue weighted by molar-refractivity contribution is 5.89. The molecule has 2 aromatic carbocycles. The van der Waals surface area contributed by atoms with Crippen molar-refractivity contribution in [3.8, 4) is 17.0 Å². The Labute approximate surface area is 197 Å². The van der Waals surface area contributed by atoms with E-state index in [1.165, 1.54) is 25.9 Å². The standard InChI is InChI=1S/C23H23N3O2.C2HF3O2/c27-23-19(12-16-3-1-2-4-20(16)26-23)22-13-17-11-18(5-6-21(17)25-22)28-14-15-7-9-24-10-8-15;3-2(4,5)1(6)7/h1-6,11-13,15,24-25H,7-10,14H2,(H,26,27);(H,6,7). The third-order valence-electron chi connectivity index (χ3n) is 5.91. The van der Waals surface area contributed by atoms with Crippen molar-refractivity contribution in [2.45, 2.75) is 19.0 Å². The van der Waals surface area contributed by atoms with Crippen LogP contribution in [0.3, 0.4) is 0 Å². The lowest BCUT2D eigenvalue weighted by molar-refractivity contribution is -0.664. The average molecular weight is 487 g/mol. The lowest BCUT2D eigenvalue weighted by Gasteiger charge is -2.20. The van der Waals surface area contributed by atoms with Gasteiger partial charge >= 0.3 is 6.18 Å². The summed E-state index contributed by atoms with van der Waals surface area (Å²) in [4.78, 5) is 27.7. The molecule has 7 nitrogen and oxygen atoms in total. The number of alkyl halides is 3. The summed E-state index contributed by atoms with van der Waals surface area (Å²) < 4.78 is 37.6. The SMILES string of the molecule is O=C([O-])C(F)(F)F.O=c1[nH]c2ccccc2cc1-c1cc2cc(OCC3CC[NH2+]CC3)ccc2[nH]1. The van der Waals surface area contributed by atoms with Gasteiger partial charge in [0.25, 0.3) is 5.56 Å². The number of benzene rings is 2. The number of piperidine rings is 1. The van der Waals surface area contributed by atoms with Crippen LogP contribution >= 0.6 is 0 Å². The van der Waals surface area contributed by atoms with Crippen LogP contribution in [0.15, 0.2) is 59.4 Å². The molecular weight excluding hydrogens is 463 g/mol. The Hall–Kier alpha value is -3.79. The van der Waals surface area contributed by atoms with Gasteiger partial charge in [0.1, 0.15) is 11.7 Å². The van der Waals surface area contributed by atoms with Gasteiger partial charge in [-0.15, -0.1) is 0 Å². The number of carboxylic acids is 1. The van der Waals surface area contributed by atoms with Crippen molar-refractivity contribution in [2.24, 2.45) is 5.92 Å². The average Bonchev–Trinajstić information content (AvgIpc) is 3.26. The molecule has 0 bridgehead atoms. The number of hydrogen-bond acceptors (Lipinski definition) is 4. The molecule has 0 aliphatic carbocycles. The Morgan fingerprint density at radius 3 is 2.40 bits per heavy atom. The second kappa shape index (κ2) is 10.2. The highest BCUT2D eigenvalue weighted by Gasteiger charge is 2.28. The number of halogens is 3. The first-order valence-electron chi connectivity index (χ1n) is 11.2. The molecule has 5 rings (SSSR count). The summed E-state index contributed by atoms with van der Waals surface area (Å²) in [6, 6.07) is 17.9. The molecule has 4 aromatic rings. The van der Waals surface area contributed by atoms with E-state index in [1.54, 1.807) is 0 Å². The zero-order valence-corrected chi connectivity index (χ0v) is 18.7. The van der Waals surface area contributed by atoms with Crippen LogP contribution in [0.1, 0.15) is 12.8 Å². The number of nitrogens with two attached hydrogens (primary N) is 1. The van der Waals surface area contributed by atoms with E-state index in [2.05, 4.69) is 21.4 Å².